The van der Waals surface area contributed by atoms with Gasteiger partial charge in [-0.25, -0.2) is 4.39 Å². The normalized spacial score (nSPS) is 13.5. The molecule has 0 unspecified atom stereocenters. The topological polar surface area (TPSA) is 125 Å². The Hall–Kier alpha value is -5.16. The lowest BCUT2D eigenvalue weighted by Crippen LogP contribution is -2.28. The molecule has 1 aromatic carbocycles. The van der Waals surface area contributed by atoms with Crippen molar-refractivity contribution in [3.63, 3.8) is 0 Å². The van der Waals surface area contributed by atoms with Crippen LogP contribution in [0.4, 0.5) is 10.1 Å². The minimum absolute atomic E-state index is 0.0368. The van der Waals surface area contributed by atoms with Crippen LogP contribution in [0.15, 0.2) is 67.4 Å². The maximum absolute atomic E-state index is 14.7. The summed E-state index contributed by atoms with van der Waals surface area (Å²) in [6.45, 7) is 1.17. The van der Waals surface area contributed by atoms with E-state index in [0.29, 0.717) is 35.0 Å². The van der Waals surface area contributed by atoms with Crippen LogP contribution in [0.1, 0.15) is 19.3 Å². The number of amides is 1. The fourth-order valence-electron chi connectivity index (χ4n) is 5.40. The summed E-state index contributed by atoms with van der Waals surface area (Å²) in [4.78, 5) is 31.3. The summed E-state index contributed by atoms with van der Waals surface area (Å²) in [5.74, 6) is 0.205. The number of ether oxygens (including phenoxy) is 1. The third kappa shape index (κ3) is 5.49. The van der Waals surface area contributed by atoms with Gasteiger partial charge >= 0.3 is 0 Å². The minimum Gasteiger partial charge on any atom is -0.492 e. The number of aromatic amines is 2. The Morgan fingerprint density at radius 1 is 0.977 bits per heavy atom. The highest BCUT2D eigenvalue weighted by Crippen LogP contribution is 2.36. The summed E-state index contributed by atoms with van der Waals surface area (Å²) in [5.41, 5.74) is 6.62. The number of likely N-dealkylation sites (N-methyl/N-ethyl adjacent to an activating group) is 1. The number of anilines is 1. The predicted octanol–water partition coefficient (Wildman–Crippen LogP) is 6.05. The number of aromatic nitrogens is 6. The van der Waals surface area contributed by atoms with Crippen LogP contribution < -0.4 is 10.1 Å². The summed E-state index contributed by atoms with van der Waals surface area (Å²) in [6, 6.07) is 10.6. The van der Waals surface area contributed by atoms with E-state index in [1.165, 1.54) is 12.1 Å². The van der Waals surface area contributed by atoms with Crippen LogP contribution in [-0.2, 0) is 4.79 Å². The summed E-state index contributed by atoms with van der Waals surface area (Å²) >= 11 is 0. The molecule has 1 fully saturated rings. The first-order valence-corrected chi connectivity index (χ1v) is 14.6. The zero-order chi connectivity index (χ0) is 30.2. The van der Waals surface area contributed by atoms with E-state index >= 15 is 0 Å². The summed E-state index contributed by atoms with van der Waals surface area (Å²) in [7, 11) is 3.92. The van der Waals surface area contributed by atoms with Gasteiger partial charge in [0.15, 0.2) is 0 Å². The van der Waals surface area contributed by atoms with Crippen LogP contribution in [-0.4, -0.2) is 68.2 Å². The molecule has 44 heavy (non-hydrogen) atoms. The second-order valence-corrected chi connectivity index (χ2v) is 11.4. The Morgan fingerprint density at radius 2 is 1.84 bits per heavy atom. The van der Waals surface area contributed by atoms with Gasteiger partial charge in [-0.1, -0.05) is 6.42 Å². The molecule has 0 spiro atoms. The number of benzene rings is 1. The smallest absolute Gasteiger partial charge is 0.227 e. The Labute approximate surface area is 252 Å². The molecule has 6 aromatic rings. The first-order chi connectivity index (χ1) is 21.4. The van der Waals surface area contributed by atoms with Crippen molar-refractivity contribution in [1.29, 1.82) is 0 Å². The number of nitrogens with zero attached hydrogens (tertiary/aromatic N) is 5. The SMILES string of the molecule is CN(C)CCOc1cc(F)cc(-c2cncc3[nH]c(-c4n[nH]c5cnc(-c6cncc(NC(=O)C7CCC7)c6)cc45)cc23)c1. The van der Waals surface area contributed by atoms with Gasteiger partial charge in [-0.05, 0) is 62.8 Å². The molecule has 11 heteroatoms. The van der Waals surface area contributed by atoms with E-state index in [2.05, 4.69) is 35.5 Å². The highest BCUT2D eigenvalue weighted by Gasteiger charge is 2.25. The molecule has 0 aliphatic heterocycles. The summed E-state index contributed by atoms with van der Waals surface area (Å²) < 4.78 is 20.5. The molecular formula is C33H31FN8O2. The van der Waals surface area contributed by atoms with Crippen molar-refractivity contribution >= 4 is 33.4 Å². The van der Waals surface area contributed by atoms with Crippen molar-refractivity contribution in [3.8, 4) is 39.5 Å². The van der Waals surface area contributed by atoms with Crippen molar-refractivity contribution in [2.75, 3.05) is 32.6 Å². The van der Waals surface area contributed by atoms with Gasteiger partial charge < -0.3 is 19.9 Å². The number of hydrogen-bond donors (Lipinski definition) is 3. The quantitative estimate of drug-likeness (QED) is 0.187. The maximum atomic E-state index is 14.7. The average molecular weight is 591 g/mol. The zero-order valence-electron chi connectivity index (χ0n) is 24.4. The van der Waals surface area contributed by atoms with Gasteiger partial charge in [-0.2, -0.15) is 5.10 Å². The molecule has 5 aromatic heterocycles. The molecule has 1 saturated carbocycles. The van der Waals surface area contributed by atoms with Crippen LogP contribution in [0, 0.1) is 11.7 Å². The van der Waals surface area contributed by atoms with Crippen LogP contribution in [0.25, 0.3) is 55.6 Å². The van der Waals surface area contributed by atoms with Crippen molar-refractivity contribution in [3.05, 3.63) is 73.2 Å². The lowest BCUT2D eigenvalue weighted by molar-refractivity contribution is -0.122. The van der Waals surface area contributed by atoms with Crippen LogP contribution in [0.5, 0.6) is 5.75 Å². The highest BCUT2D eigenvalue weighted by atomic mass is 19.1. The Bertz CT molecular complexity index is 2000. The summed E-state index contributed by atoms with van der Waals surface area (Å²) in [6.07, 6.45) is 11.5. The van der Waals surface area contributed by atoms with Crippen molar-refractivity contribution in [2.24, 2.45) is 5.92 Å². The molecule has 3 N–H and O–H groups in total. The van der Waals surface area contributed by atoms with E-state index in [4.69, 9.17) is 4.74 Å². The Balaban J connectivity index is 1.21. The molecule has 0 atom stereocenters. The number of fused-ring (bicyclic) bond motifs is 2. The average Bonchev–Trinajstić information content (AvgIpc) is 3.59. The number of nitrogens with one attached hydrogen (secondary N) is 3. The highest BCUT2D eigenvalue weighted by molar-refractivity contribution is 6.01. The standard InChI is InChI=1S/C33H31FN8O2/c1-42(2)6-7-44-24-10-20(8-22(34)11-24)27-16-36-17-30-25(27)12-29(39-30)32-26-13-28(37-18-31(26)40-41-32)21-9-23(15-35-14-21)38-33(43)19-4-3-5-19/h8-19,39H,3-7H2,1-2H3,(H,38,43)(H,40,41). The van der Waals surface area contributed by atoms with E-state index in [9.17, 15) is 9.18 Å². The van der Waals surface area contributed by atoms with E-state index < -0.39 is 0 Å². The monoisotopic (exact) mass is 590 g/mol. The second-order valence-electron chi connectivity index (χ2n) is 11.4. The fourth-order valence-corrected chi connectivity index (χ4v) is 5.40. The van der Waals surface area contributed by atoms with Gasteiger partial charge in [-0.3, -0.25) is 24.8 Å². The number of H-pyrrole nitrogens is 2. The maximum Gasteiger partial charge on any atom is 0.227 e. The van der Waals surface area contributed by atoms with E-state index in [1.54, 1.807) is 31.0 Å². The van der Waals surface area contributed by atoms with Crippen molar-refractivity contribution in [2.45, 2.75) is 19.3 Å². The number of carbonyl (C=O) groups excluding carboxylic acids is 1. The third-order valence-corrected chi connectivity index (χ3v) is 8.02. The molecule has 0 saturated heterocycles. The largest absolute Gasteiger partial charge is 0.492 e. The molecular weight excluding hydrogens is 559 g/mol. The first-order valence-electron chi connectivity index (χ1n) is 14.6. The Morgan fingerprint density at radius 3 is 2.66 bits per heavy atom. The molecule has 222 valence electrons. The van der Waals surface area contributed by atoms with Gasteiger partial charge in [0, 0.05) is 52.8 Å². The molecule has 10 nitrogen and oxygen atoms in total. The number of carbonyl (C=O) groups is 1. The van der Waals surface area contributed by atoms with Crippen LogP contribution >= 0.6 is 0 Å². The molecule has 1 amide bonds. The second kappa shape index (κ2) is 11.5. The molecule has 0 radical (unpaired) electrons. The van der Waals surface area contributed by atoms with E-state index in [0.717, 1.165) is 64.4 Å². The Kier molecular flexibility index (Phi) is 7.23. The predicted molar refractivity (Wildman–Crippen MR) is 168 cm³/mol. The van der Waals surface area contributed by atoms with Gasteiger partial charge in [0.25, 0.3) is 0 Å². The summed E-state index contributed by atoms with van der Waals surface area (Å²) in [5, 5.41) is 12.4. The first kappa shape index (κ1) is 27.7. The lowest BCUT2D eigenvalue weighted by Gasteiger charge is -2.24. The molecule has 1 aliphatic carbocycles. The van der Waals surface area contributed by atoms with Gasteiger partial charge in [-0.15, -0.1) is 0 Å². The molecule has 0 bridgehead atoms. The van der Waals surface area contributed by atoms with Crippen molar-refractivity contribution < 1.29 is 13.9 Å². The lowest BCUT2D eigenvalue weighted by atomic mass is 9.85. The van der Waals surface area contributed by atoms with Gasteiger partial charge in [0.1, 0.15) is 23.9 Å². The molecule has 1 aliphatic rings. The zero-order valence-corrected chi connectivity index (χ0v) is 24.4. The van der Waals surface area contributed by atoms with E-state index in [1.807, 2.05) is 43.3 Å². The minimum atomic E-state index is -0.380. The van der Waals surface area contributed by atoms with Gasteiger partial charge in [0.2, 0.25) is 5.91 Å². The number of pyridine rings is 3. The van der Waals surface area contributed by atoms with Crippen LogP contribution in [0.3, 0.4) is 0 Å². The molecule has 7 rings (SSSR count). The van der Waals surface area contributed by atoms with E-state index in [-0.39, 0.29) is 17.6 Å². The van der Waals surface area contributed by atoms with Gasteiger partial charge in [0.05, 0.1) is 46.7 Å². The number of rotatable bonds is 9. The number of hydrogen-bond acceptors (Lipinski definition) is 7. The fraction of sp³-hybridized carbons (Fsp3) is 0.242. The van der Waals surface area contributed by atoms with Crippen LogP contribution in [0.2, 0.25) is 0 Å². The molecule has 5 heterocycles. The third-order valence-electron chi connectivity index (χ3n) is 8.02. The van der Waals surface area contributed by atoms with Crippen molar-refractivity contribution in [1.82, 2.24) is 35.0 Å². The number of halogens is 1.